The van der Waals surface area contributed by atoms with Gasteiger partial charge in [0, 0.05) is 0 Å². The Morgan fingerprint density at radius 2 is 2.67 bits per heavy atom. The van der Waals surface area contributed by atoms with Crippen LogP contribution in [0.25, 0.3) is 0 Å². The summed E-state index contributed by atoms with van der Waals surface area (Å²) in [4.78, 5) is 3.47. The highest BCUT2D eigenvalue weighted by Gasteiger charge is 1.79. The molecule has 0 aromatic carbocycles. The van der Waals surface area contributed by atoms with E-state index in [4.69, 9.17) is 5.73 Å². The summed E-state index contributed by atoms with van der Waals surface area (Å²) in [5.41, 5.74) is 6.65. The van der Waals surface area contributed by atoms with Crippen molar-refractivity contribution in [1.29, 1.82) is 0 Å². The molecule has 1 N–H and O–H groups in total. The average Bonchev–Trinajstić information content (AvgIpc) is 1.86. The van der Waals surface area contributed by atoms with Gasteiger partial charge in [0.15, 0.2) is 6.39 Å². The molecule has 0 atom stereocenters. The van der Waals surface area contributed by atoms with Crippen molar-refractivity contribution >= 4 is 5.88 Å². The Morgan fingerprint density at radius 3 is 2.83 bits per heavy atom. The van der Waals surface area contributed by atoms with E-state index in [9.17, 15) is 0 Å². The Morgan fingerprint density at radius 1 is 1.83 bits per heavy atom. The molecule has 31 valence electrons. The summed E-state index contributed by atoms with van der Waals surface area (Å²) in [6.45, 7) is 0. The molecule has 3 heteroatoms. The number of nitrogens with zero attached hydrogens (tertiary/aromatic N) is 1. The fourth-order valence-corrected chi connectivity index (χ4v) is 0.216. The summed E-state index contributed by atoms with van der Waals surface area (Å²) in [6.07, 6.45) is 2.56. The van der Waals surface area contributed by atoms with Gasteiger partial charge in [0.05, 0.1) is 6.20 Å². The molecule has 0 saturated carbocycles. The van der Waals surface area contributed by atoms with E-state index in [0.717, 1.165) is 0 Å². The van der Waals surface area contributed by atoms with Crippen LogP contribution in [0.1, 0.15) is 0 Å². The van der Waals surface area contributed by atoms with Crippen molar-refractivity contribution in [3.63, 3.8) is 0 Å². The van der Waals surface area contributed by atoms with E-state index in [1.807, 2.05) is 0 Å². The van der Waals surface area contributed by atoms with Crippen LogP contribution in [0.4, 0.5) is 5.88 Å². The second-order valence-corrected chi connectivity index (χ2v) is 0.866. The van der Waals surface area contributed by atoms with Crippen LogP contribution in [0.15, 0.2) is 17.0 Å². The van der Waals surface area contributed by atoms with Gasteiger partial charge in [-0.3, -0.25) is 5.73 Å². The molecule has 3 nitrogen and oxygen atoms in total. The molecule has 0 bridgehead atoms. The average molecular weight is 83.1 g/mol. The topological polar surface area (TPSA) is 49.8 Å². The van der Waals surface area contributed by atoms with Crippen molar-refractivity contribution in [3.8, 4) is 0 Å². The maximum Gasteiger partial charge on any atom is 0.231 e. The largest absolute Gasteiger partial charge is 0.426 e. The summed E-state index contributed by atoms with van der Waals surface area (Å²) < 4.78 is 4.39. The maximum absolute atomic E-state index is 6.65. The van der Waals surface area contributed by atoms with Gasteiger partial charge in [0.25, 0.3) is 0 Å². The van der Waals surface area contributed by atoms with Gasteiger partial charge in [-0.25, -0.2) is 4.98 Å². The molecular weight excluding hydrogens is 80.0 g/mol. The summed E-state index contributed by atoms with van der Waals surface area (Å²) in [6, 6.07) is 0. The maximum atomic E-state index is 6.65. The van der Waals surface area contributed by atoms with Gasteiger partial charge < -0.3 is 4.42 Å². The van der Waals surface area contributed by atoms with Gasteiger partial charge in [-0.15, -0.1) is 0 Å². The highest BCUT2D eigenvalue weighted by molar-refractivity contribution is 5.08. The van der Waals surface area contributed by atoms with E-state index < -0.39 is 0 Å². The lowest BCUT2D eigenvalue weighted by molar-refractivity contribution is 0.564. The van der Waals surface area contributed by atoms with Crippen LogP contribution in [0.3, 0.4) is 0 Å². The number of hydrogen-bond donors (Lipinski definition) is 0. The molecule has 1 radical (unpaired) electrons. The molecule has 0 spiro atoms. The zero-order chi connectivity index (χ0) is 4.41. The van der Waals surface area contributed by atoms with Crippen molar-refractivity contribution in [2.24, 2.45) is 0 Å². The quantitative estimate of drug-likeness (QED) is 0.460. The third-order valence-electron chi connectivity index (χ3n) is 0.432. The Balaban J connectivity index is 3.05. The minimum atomic E-state index is 0.106. The minimum Gasteiger partial charge on any atom is -0.426 e. The zero-order valence-electron chi connectivity index (χ0n) is 3.01. The Kier molecular flexibility index (Phi) is 0.538. The van der Waals surface area contributed by atoms with Crippen LogP contribution in [0.2, 0.25) is 0 Å². The molecule has 0 unspecified atom stereocenters. The van der Waals surface area contributed by atoms with Crippen LogP contribution in [-0.4, -0.2) is 4.98 Å². The number of aromatic nitrogens is 1. The summed E-state index contributed by atoms with van der Waals surface area (Å²) in [7, 11) is 0. The van der Waals surface area contributed by atoms with Gasteiger partial charge in [-0.1, -0.05) is 0 Å². The molecule has 0 aliphatic rings. The minimum absolute atomic E-state index is 0.106. The van der Waals surface area contributed by atoms with Crippen molar-refractivity contribution in [1.82, 2.24) is 10.7 Å². The second-order valence-electron chi connectivity index (χ2n) is 0.866. The van der Waals surface area contributed by atoms with Gasteiger partial charge in [0.1, 0.15) is 0 Å². The summed E-state index contributed by atoms with van der Waals surface area (Å²) in [5, 5.41) is 0. The molecule has 6 heavy (non-hydrogen) atoms. The monoisotopic (exact) mass is 83.0 g/mol. The second kappa shape index (κ2) is 1.01. The Hall–Kier alpha value is -0.990. The molecule has 1 rings (SSSR count). The first-order valence-electron chi connectivity index (χ1n) is 1.49. The first kappa shape index (κ1) is 3.21. The smallest absolute Gasteiger partial charge is 0.231 e. The molecule has 0 fully saturated rings. The SMILES string of the molecule is [NH]c1cnco1. The zero-order valence-corrected chi connectivity index (χ0v) is 3.01. The molecule has 0 amide bonds. The van der Waals surface area contributed by atoms with Gasteiger partial charge >= 0.3 is 0 Å². The highest BCUT2D eigenvalue weighted by atomic mass is 16.3. The van der Waals surface area contributed by atoms with Gasteiger partial charge in [0.2, 0.25) is 5.88 Å². The normalized spacial score (nSPS) is 8.67. The molecule has 1 aromatic heterocycles. The highest BCUT2D eigenvalue weighted by Crippen LogP contribution is 1.95. The lowest BCUT2D eigenvalue weighted by Crippen LogP contribution is -1.51. The van der Waals surface area contributed by atoms with Gasteiger partial charge in [-0.05, 0) is 0 Å². The van der Waals surface area contributed by atoms with Crippen molar-refractivity contribution in [2.75, 3.05) is 0 Å². The number of nitrogens with one attached hydrogen (secondary N) is 1. The molecule has 0 aliphatic carbocycles. The molecule has 0 aliphatic heterocycles. The molecule has 0 saturated heterocycles. The predicted octanol–water partition coefficient (Wildman–Crippen LogP) is 0.589. The van der Waals surface area contributed by atoms with Crippen molar-refractivity contribution in [2.45, 2.75) is 0 Å². The van der Waals surface area contributed by atoms with Crippen LogP contribution < -0.4 is 5.73 Å². The first-order valence-corrected chi connectivity index (χ1v) is 1.49. The fourth-order valence-electron chi connectivity index (χ4n) is 0.216. The van der Waals surface area contributed by atoms with Crippen LogP contribution in [0.5, 0.6) is 0 Å². The van der Waals surface area contributed by atoms with Crippen LogP contribution in [0, 0.1) is 0 Å². The summed E-state index contributed by atoms with van der Waals surface area (Å²) >= 11 is 0. The van der Waals surface area contributed by atoms with E-state index in [1.165, 1.54) is 12.6 Å². The summed E-state index contributed by atoms with van der Waals surface area (Å²) in [5.74, 6) is 0.106. The number of oxazole rings is 1. The van der Waals surface area contributed by atoms with Crippen LogP contribution in [-0.2, 0) is 0 Å². The van der Waals surface area contributed by atoms with E-state index in [2.05, 4.69) is 9.40 Å². The lowest BCUT2D eigenvalue weighted by atomic mass is 10.9. The molecule has 1 aromatic rings. The Labute approximate surface area is 34.8 Å². The Bertz CT molecular complexity index is 112. The van der Waals surface area contributed by atoms with Crippen LogP contribution >= 0.6 is 0 Å². The van der Waals surface area contributed by atoms with Crippen molar-refractivity contribution < 1.29 is 4.42 Å². The number of hydrogen-bond acceptors (Lipinski definition) is 2. The van der Waals surface area contributed by atoms with Gasteiger partial charge in [-0.2, -0.15) is 0 Å². The fraction of sp³-hybridized carbons (Fsp3) is 0. The third kappa shape index (κ3) is 0.337. The van der Waals surface area contributed by atoms with E-state index >= 15 is 0 Å². The van der Waals surface area contributed by atoms with E-state index in [1.54, 1.807) is 0 Å². The lowest BCUT2D eigenvalue weighted by Gasteiger charge is -1.65. The standard InChI is InChI=1S/C3H3N2O/c4-3-1-5-2-6-3/h1-2,4H. The van der Waals surface area contributed by atoms with Crippen molar-refractivity contribution in [3.05, 3.63) is 12.6 Å². The number of rotatable bonds is 0. The van der Waals surface area contributed by atoms with E-state index in [-0.39, 0.29) is 5.88 Å². The molecule has 1 heterocycles. The van der Waals surface area contributed by atoms with E-state index in [0.29, 0.717) is 0 Å². The third-order valence-corrected chi connectivity index (χ3v) is 0.432. The predicted molar refractivity (Wildman–Crippen MR) is 19.3 cm³/mol. The molecular formula is C3H3N2O. The first-order chi connectivity index (χ1) is 2.89.